The van der Waals surface area contributed by atoms with Gasteiger partial charge in [0.1, 0.15) is 0 Å². The van der Waals surface area contributed by atoms with Crippen LogP contribution in [0.5, 0.6) is 0 Å². The Morgan fingerprint density at radius 3 is 1.80 bits per heavy atom. The number of halogens is 2. The van der Waals surface area contributed by atoms with Crippen LogP contribution in [0.25, 0.3) is 0 Å². The number of hydrogen-bond acceptors (Lipinski definition) is 0. The molecule has 0 spiro atoms. The first-order valence-electron chi connectivity index (χ1n) is 2.49. The molecule has 0 aliphatic rings. The first kappa shape index (κ1) is 13.2. The van der Waals surface area contributed by atoms with Gasteiger partial charge in [0.15, 0.2) is 0 Å². The van der Waals surface area contributed by atoms with Crippen LogP contribution in [0.1, 0.15) is 5.56 Å². The molecule has 0 aromatic heterocycles. The van der Waals surface area contributed by atoms with Crippen molar-refractivity contribution >= 4 is 3.71 Å². The van der Waals surface area contributed by atoms with Gasteiger partial charge >= 0.3 is 63.8 Å². The molecule has 0 nitrogen and oxygen atoms in total. The second-order valence-electron chi connectivity index (χ2n) is 1.56. The molecule has 0 unspecified atom stereocenters. The second kappa shape index (κ2) is 7.66. The van der Waals surface area contributed by atoms with Crippen LogP contribution in [0.3, 0.4) is 0 Å². The quantitative estimate of drug-likeness (QED) is 0.472. The van der Waals surface area contributed by atoms with Gasteiger partial charge in [-0.2, -0.15) is 0 Å². The van der Waals surface area contributed by atoms with Crippen molar-refractivity contribution in [1.82, 2.24) is 0 Å². The molecule has 0 bridgehead atoms. The van der Waals surface area contributed by atoms with Crippen molar-refractivity contribution in [2.24, 2.45) is 0 Å². The summed E-state index contributed by atoms with van der Waals surface area (Å²) in [6.45, 7) is 0. The van der Waals surface area contributed by atoms with E-state index in [-0.39, 0.29) is 24.8 Å². The molecule has 0 atom stereocenters. The van der Waals surface area contributed by atoms with Crippen LogP contribution in [0.4, 0.5) is 0 Å². The summed E-state index contributed by atoms with van der Waals surface area (Å²) in [5, 5.41) is 0. The molecule has 10 heavy (non-hydrogen) atoms. The second-order valence-corrected chi connectivity index (χ2v) is 2.26. The van der Waals surface area contributed by atoms with Gasteiger partial charge in [0.2, 0.25) is 0 Å². The predicted molar refractivity (Wildman–Crippen MR) is 31.6 cm³/mol. The van der Waals surface area contributed by atoms with Crippen LogP contribution in [0.2, 0.25) is 0 Å². The van der Waals surface area contributed by atoms with E-state index >= 15 is 0 Å². The Hall–Kier alpha value is 0.553. The van der Waals surface area contributed by atoms with Gasteiger partial charge in [-0.15, -0.1) is 0 Å². The molecular formula is C7H6Cl2Zr. The predicted octanol–water partition coefficient (Wildman–Crippen LogP) is -4.61. The fourth-order valence-electron chi connectivity index (χ4n) is 0.549. The van der Waals surface area contributed by atoms with Crippen molar-refractivity contribution in [3.05, 3.63) is 35.9 Å². The summed E-state index contributed by atoms with van der Waals surface area (Å²) in [6, 6.07) is 10.3. The van der Waals surface area contributed by atoms with Crippen molar-refractivity contribution in [2.45, 2.75) is 0 Å². The first-order chi connectivity index (χ1) is 3.93. The van der Waals surface area contributed by atoms with E-state index in [9.17, 15) is 0 Å². The zero-order valence-electron chi connectivity index (χ0n) is 5.22. The maximum atomic E-state index is 2.17. The molecule has 0 aliphatic heterocycles. The van der Waals surface area contributed by atoms with Crippen molar-refractivity contribution in [2.75, 3.05) is 0 Å². The van der Waals surface area contributed by atoms with Crippen LogP contribution >= 0.6 is 0 Å². The third-order valence-electron chi connectivity index (χ3n) is 0.966. The zero-order chi connectivity index (χ0) is 5.82. The van der Waals surface area contributed by atoms with E-state index in [1.54, 1.807) is 0 Å². The minimum absolute atomic E-state index is 0. The summed E-state index contributed by atoms with van der Waals surface area (Å²) in [5.74, 6) is 0. The van der Waals surface area contributed by atoms with Gasteiger partial charge in [-0.05, 0) is 0 Å². The molecule has 0 saturated heterocycles. The van der Waals surface area contributed by atoms with E-state index in [2.05, 4.69) is 28.0 Å². The summed E-state index contributed by atoms with van der Waals surface area (Å²) in [5.41, 5.74) is 1.32. The Balaban J connectivity index is 0. The monoisotopic (exact) mass is 250 g/mol. The Kier molecular flexibility index (Phi) is 10.1. The van der Waals surface area contributed by atoms with Crippen LogP contribution in [-0.4, -0.2) is 3.71 Å². The molecule has 0 radical (unpaired) electrons. The van der Waals surface area contributed by atoms with Gasteiger partial charge in [-0.25, -0.2) is 0 Å². The molecule has 52 valence electrons. The fourth-order valence-corrected chi connectivity index (χ4v) is 1.02. The summed E-state index contributed by atoms with van der Waals surface area (Å²) < 4.78 is 2.17. The molecule has 0 fully saturated rings. The average Bonchev–Trinajstić information content (AvgIpc) is 1.90. The van der Waals surface area contributed by atoms with Crippen molar-refractivity contribution in [1.29, 1.82) is 0 Å². The summed E-state index contributed by atoms with van der Waals surface area (Å²) in [4.78, 5) is 0. The Morgan fingerprint density at radius 2 is 1.50 bits per heavy atom. The van der Waals surface area contributed by atoms with E-state index < -0.39 is 0 Å². The molecule has 1 rings (SSSR count). The topological polar surface area (TPSA) is 0 Å². The van der Waals surface area contributed by atoms with Crippen LogP contribution in [0.15, 0.2) is 30.3 Å². The number of rotatable bonds is 1. The molecule has 3 heteroatoms. The standard InChI is InChI=1S/C7H6.2ClH.Zr/c1-7-5-3-2-4-6-7;;;/h1-6H;2*1H;/q;;;+2/p-2. The van der Waals surface area contributed by atoms with Crippen molar-refractivity contribution < 1.29 is 49.0 Å². The number of benzene rings is 1. The van der Waals surface area contributed by atoms with Gasteiger partial charge < -0.3 is 24.8 Å². The number of hydrogen-bond donors (Lipinski definition) is 0. The van der Waals surface area contributed by atoms with Gasteiger partial charge in [-0.3, -0.25) is 0 Å². The SMILES string of the molecule is [Cl-].[Cl-].[Zr+2]=[CH]c1ccccc1. The van der Waals surface area contributed by atoms with E-state index in [1.165, 1.54) is 29.8 Å². The summed E-state index contributed by atoms with van der Waals surface area (Å²) in [7, 11) is 0. The summed E-state index contributed by atoms with van der Waals surface area (Å²) >= 11 is 1.46. The fraction of sp³-hybridized carbons (Fsp3) is 0. The minimum atomic E-state index is 0. The van der Waals surface area contributed by atoms with E-state index in [0.29, 0.717) is 0 Å². The average molecular weight is 252 g/mol. The van der Waals surface area contributed by atoms with E-state index in [4.69, 9.17) is 0 Å². The normalized spacial score (nSPS) is 7.00. The van der Waals surface area contributed by atoms with E-state index in [1.807, 2.05) is 6.07 Å². The van der Waals surface area contributed by atoms with Crippen LogP contribution in [0, 0.1) is 0 Å². The third kappa shape index (κ3) is 4.38. The molecule has 1 aromatic carbocycles. The van der Waals surface area contributed by atoms with Crippen molar-refractivity contribution in [3.63, 3.8) is 0 Å². The molecule has 0 N–H and O–H groups in total. The van der Waals surface area contributed by atoms with Crippen LogP contribution < -0.4 is 24.8 Å². The molecule has 0 saturated carbocycles. The van der Waals surface area contributed by atoms with Crippen LogP contribution in [-0.2, 0) is 24.2 Å². The summed E-state index contributed by atoms with van der Waals surface area (Å²) in [6.07, 6.45) is 0. The van der Waals surface area contributed by atoms with Gasteiger partial charge in [-0.1, -0.05) is 0 Å². The molecule has 1 aromatic rings. The molecule has 0 aliphatic carbocycles. The zero-order valence-corrected chi connectivity index (χ0v) is 9.19. The van der Waals surface area contributed by atoms with Gasteiger partial charge in [0.05, 0.1) is 0 Å². The van der Waals surface area contributed by atoms with Gasteiger partial charge in [0, 0.05) is 0 Å². The molecular weight excluding hydrogens is 246 g/mol. The Morgan fingerprint density at radius 1 is 1.00 bits per heavy atom. The molecule has 0 amide bonds. The van der Waals surface area contributed by atoms with Crippen molar-refractivity contribution in [3.8, 4) is 0 Å². The Bertz CT molecular complexity index is 174. The maximum absolute atomic E-state index is 2.17. The van der Waals surface area contributed by atoms with E-state index in [0.717, 1.165) is 0 Å². The van der Waals surface area contributed by atoms with Gasteiger partial charge in [0.25, 0.3) is 0 Å². The Labute approximate surface area is 88.2 Å². The first-order valence-corrected chi connectivity index (χ1v) is 3.91. The molecule has 0 heterocycles. The third-order valence-corrected chi connectivity index (χ3v) is 1.79.